The molecule has 0 aliphatic carbocycles. The van der Waals surface area contributed by atoms with Crippen molar-refractivity contribution >= 4 is 5.71 Å². The number of ether oxygens (including phenoxy) is 1. The predicted octanol–water partition coefficient (Wildman–Crippen LogP) is 4.00. The van der Waals surface area contributed by atoms with Crippen molar-refractivity contribution < 1.29 is 14.3 Å². The number of rotatable bonds is 2. The third-order valence-corrected chi connectivity index (χ3v) is 4.24. The van der Waals surface area contributed by atoms with E-state index in [1.807, 2.05) is 42.3 Å². The molecule has 2 aliphatic rings. The molecule has 0 amide bonds. The molecule has 0 bridgehead atoms. The Morgan fingerprint density at radius 3 is 2.91 bits per heavy atom. The summed E-state index contributed by atoms with van der Waals surface area (Å²) in [5.41, 5.74) is 1.14. The number of para-hydroxylation sites is 1. The molecule has 2 aromatic rings. The fraction of sp³-hybridized carbons (Fsp3) is 0.278. The monoisotopic (exact) mass is 310 g/mol. The second kappa shape index (κ2) is 4.91. The van der Waals surface area contributed by atoms with E-state index in [0.29, 0.717) is 0 Å². The first-order valence-corrected chi connectivity index (χ1v) is 7.64. The fourth-order valence-corrected chi connectivity index (χ4v) is 3.35. The molecule has 23 heavy (non-hydrogen) atoms. The van der Waals surface area contributed by atoms with Gasteiger partial charge in [0.05, 0.1) is 18.1 Å². The first-order chi connectivity index (χ1) is 11.1. The number of fused-ring (bicyclic) bond motifs is 3. The number of allylic oxidation sites excluding steroid dienone is 1. The maximum absolute atomic E-state index is 9.78. The van der Waals surface area contributed by atoms with Crippen LogP contribution in [0.5, 0.6) is 5.75 Å². The van der Waals surface area contributed by atoms with Gasteiger partial charge in [-0.1, -0.05) is 18.2 Å². The molecule has 1 aromatic carbocycles. The molecule has 0 saturated heterocycles. The van der Waals surface area contributed by atoms with Crippen molar-refractivity contribution in [1.29, 1.82) is 0 Å². The zero-order valence-electron chi connectivity index (χ0n) is 13.1. The molecule has 1 aromatic heterocycles. The normalized spacial score (nSPS) is 26.3. The van der Waals surface area contributed by atoms with E-state index in [9.17, 15) is 5.11 Å². The van der Waals surface area contributed by atoms with Crippen LogP contribution in [0, 0.1) is 0 Å². The van der Waals surface area contributed by atoms with E-state index in [1.54, 1.807) is 19.3 Å². The highest BCUT2D eigenvalue weighted by Crippen LogP contribution is 2.47. The third kappa shape index (κ3) is 2.20. The molecule has 1 N–H and O–H groups in total. The van der Waals surface area contributed by atoms with Crippen LogP contribution >= 0.6 is 0 Å². The second-order valence-electron chi connectivity index (χ2n) is 6.07. The topological polar surface area (TPSA) is 58.2 Å². The molecule has 118 valence electrons. The van der Waals surface area contributed by atoms with Crippen molar-refractivity contribution in [1.82, 2.24) is 5.01 Å². The minimum atomic E-state index is -0.841. The highest BCUT2D eigenvalue weighted by Gasteiger charge is 2.47. The van der Waals surface area contributed by atoms with Crippen LogP contribution in [0.2, 0.25) is 0 Å². The molecular weight excluding hydrogens is 292 g/mol. The molecule has 0 fully saturated rings. The van der Waals surface area contributed by atoms with E-state index in [4.69, 9.17) is 14.3 Å². The lowest BCUT2D eigenvalue weighted by molar-refractivity contribution is -0.0697. The van der Waals surface area contributed by atoms with E-state index < -0.39 is 5.72 Å². The van der Waals surface area contributed by atoms with Gasteiger partial charge in [0.15, 0.2) is 0 Å². The Hall–Kier alpha value is -2.69. The van der Waals surface area contributed by atoms with Gasteiger partial charge in [-0.05, 0) is 25.1 Å². The number of hydrazone groups is 1. The standard InChI is InChI=1S/C18H18N2O3/c1-12(21)11-18(2)20-15(13-6-3-4-7-16(13)23-18)10-14(19-20)17-8-5-9-22-17/h3-9,11,15,21H,10H2,1-2H3/b12-11-/t15-,18+/m0/s1. The van der Waals surface area contributed by atoms with Gasteiger partial charge in [0.1, 0.15) is 17.2 Å². The van der Waals surface area contributed by atoms with Crippen LogP contribution in [0.15, 0.2) is 64.0 Å². The van der Waals surface area contributed by atoms with Gasteiger partial charge in [0, 0.05) is 25.0 Å². The van der Waals surface area contributed by atoms with Gasteiger partial charge in [0.25, 0.3) is 0 Å². The maximum atomic E-state index is 9.78. The Morgan fingerprint density at radius 2 is 2.17 bits per heavy atom. The molecule has 0 saturated carbocycles. The Balaban J connectivity index is 1.83. The highest BCUT2D eigenvalue weighted by molar-refractivity contribution is 5.99. The van der Waals surface area contributed by atoms with Crippen molar-refractivity contribution in [2.24, 2.45) is 5.10 Å². The first kappa shape index (κ1) is 13.9. The van der Waals surface area contributed by atoms with E-state index in [-0.39, 0.29) is 11.8 Å². The quantitative estimate of drug-likeness (QED) is 0.852. The number of nitrogens with zero attached hydrogens (tertiary/aromatic N) is 2. The van der Waals surface area contributed by atoms with Crippen LogP contribution < -0.4 is 4.74 Å². The number of aliphatic hydroxyl groups is 1. The number of benzene rings is 1. The fourth-order valence-electron chi connectivity index (χ4n) is 3.35. The molecule has 4 rings (SSSR count). The van der Waals surface area contributed by atoms with Gasteiger partial charge in [-0.25, -0.2) is 5.01 Å². The largest absolute Gasteiger partial charge is 0.513 e. The molecule has 5 heteroatoms. The SMILES string of the molecule is C/C(O)=C/[C@@]1(C)Oc2ccccc2[C@@H]2CC(c3ccco3)=NN21. The summed E-state index contributed by atoms with van der Waals surface area (Å²) in [6, 6.07) is 11.8. The summed E-state index contributed by atoms with van der Waals surface area (Å²) in [6.07, 6.45) is 4.07. The minimum Gasteiger partial charge on any atom is -0.513 e. The molecule has 3 heterocycles. The van der Waals surface area contributed by atoms with Crippen molar-refractivity contribution in [2.45, 2.75) is 32.0 Å². The Kier molecular flexibility index (Phi) is 2.98. The van der Waals surface area contributed by atoms with Gasteiger partial charge in [-0.2, -0.15) is 5.10 Å². The lowest BCUT2D eigenvalue weighted by Crippen LogP contribution is -2.50. The third-order valence-electron chi connectivity index (χ3n) is 4.24. The molecule has 0 unspecified atom stereocenters. The summed E-state index contributed by atoms with van der Waals surface area (Å²) in [4.78, 5) is 0. The zero-order valence-corrected chi connectivity index (χ0v) is 13.1. The van der Waals surface area contributed by atoms with Crippen molar-refractivity contribution in [3.63, 3.8) is 0 Å². The summed E-state index contributed by atoms with van der Waals surface area (Å²) in [7, 11) is 0. The number of furan rings is 1. The summed E-state index contributed by atoms with van der Waals surface area (Å²) < 4.78 is 11.7. The van der Waals surface area contributed by atoms with E-state index >= 15 is 0 Å². The van der Waals surface area contributed by atoms with Gasteiger partial charge in [-0.15, -0.1) is 0 Å². The summed E-state index contributed by atoms with van der Waals surface area (Å²) >= 11 is 0. The number of aliphatic hydroxyl groups excluding tert-OH is 1. The van der Waals surface area contributed by atoms with E-state index in [0.717, 1.165) is 29.2 Å². The average Bonchev–Trinajstić information content (AvgIpc) is 3.16. The van der Waals surface area contributed by atoms with Crippen molar-refractivity contribution in [3.8, 4) is 5.75 Å². The van der Waals surface area contributed by atoms with Gasteiger partial charge in [-0.3, -0.25) is 0 Å². The Morgan fingerprint density at radius 1 is 1.35 bits per heavy atom. The highest BCUT2D eigenvalue weighted by atomic mass is 16.5. The smallest absolute Gasteiger partial charge is 0.218 e. The number of hydrogen-bond acceptors (Lipinski definition) is 5. The van der Waals surface area contributed by atoms with Crippen LogP contribution in [-0.4, -0.2) is 21.6 Å². The average molecular weight is 310 g/mol. The van der Waals surface area contributed by atoms with Crippen LogP contribution in [-0.2, 0) is 0 Å². The zero-order chi connectivity index (χ0) is 16.0. The van der Waals surface area contributed by atoms with E-state index in [2.05, 4.69) is 6.07 Å². The lowest BCUT2D eigenvalue weighted by atomic mass is 9.96. The second-order valence-corrected chi connectivity index (χ2v) is 6.07. The van der Waals surface area contributed by atoms with Crippen LogP contribution in [0.1, 0.15) is 37.6 Å². The van der Waals surface area contributed by atoms with Crippen molar-refractivity contribution in [2.75, 3.05) is 0 Å². The molecule has 0 spiro atoms. The van der Waals surface area contributed by atoms with E-state index in [1.165, 1.54) is 0 Å². The Bertz CT molecular complexity index is 790. The molecule has 2 aliphatic heterocycles. The van der Waals surface area contributed by atoms with Gasteiger partial charge >= 0.3 is 0 Å². The van der Waals surface area contributed by atoms with Crippen LogP contribution in [0.25, 0.3) is 0 Å². The number of hydrogen-bond donors (Lipinski definition) is 1. The van der Waals surface area contributed by atoms with Gasteiger partial charge in [0.2, 0.25) is 5.72 Å². The van der Waals surface area contributed by atoms with Crippen LogP contribution in [0.3, 0.4) is 0 Å². The maximum Gasteiger partial charge on any atom is 0.218 e. The minimum absolute atomic E-state index is 0.0562. The lowest BCUT2D eigenvalue weighted by Gasteiger charge is -2.44. The Labute approximate surface area is 134 Å². The first-order valence-electron chi connectivity index (χ1n) is 7.64. The summed E-state index contributed by atoms with van der Waals surface area (Å²) in [5, 5.41) is 16.4. The summed E-state index contributed by atoms with van der Waals surface area (Å²) in [6.45, 7) is 3.54. The summed E-state index contributed by atoms with van der Waals surface area (Å²) in [5.74, 6) is 1.79. The molecule has 2 atom stereocenters. The van der Waals surface area contributed by atoms with Crippen molar-refractivity contribution in [3.05, 3.63) is 65.8 Å². The molecule has 0 radical (unpaired) electrons. The molecular formula is C18H18N2O3. The predicted molar refractivity (Wildman–Crippen MR) is 86.3 cm³/mol. The molecule has 5 nitrogen and oxygen atoms in total. The van der Waals surface area contributed by atoms with Gasteiger partial charge < -0.3 is 14.3 Å². The van der Waals surface area contributed by atoms with Crippen LogP contribution in [0.4, 0.5) is 0 Å².